The summed E-state index contributed by atoms with van der Waals surface area (Å²) in [5.74, 6) is 0. The summed E-state index contributed by atoms with van der Waals surface area (Å²) in [7, 11) is 0. The molecule has 0 aliphatic carbocycles. The molecule has 1 aromatic carbocycles. The lowest BCUT2D eigenvalue weighted by Gasteiger charge is -2.47. The predicted octanol–water partition coefficient (Wildman–Crippen LogP) is 2.65. The van der Waals surface area contributed by atoms with Gasteiger partial charge in [0.05, 0.1) is 5.60 Å². The van der Waals surface area contributed by atoms with Crippen molar-refractivity contribution in [2.75, 3.05) is 13.1 Å². The van der Waals surface area contributed by atoms with E-state index < -0.39 is 5.60 Å². The second-order valence-corrected chi connectivity index (χ2v) is 5.55. The molecule has 1 aromatic rings. The van der Waals surface area contributed by atoms with Crippen LogP contribution in [0.5, 0.6) is 0 Å². The SMILES string of the molecule is CCCC1(O)CN(Cc2cc(C)ccc2C)C1. The van der Waals surface area contributed by atoms with Gasteiger partial charge in [-0.05, 0) is 31.4 Å². The number of hydrogen-bond donors (Lipinski definition) is 1. The highest BCUT2D eigenvalue weighted by molar-refractivity contribution is 5.30. The number of aryl methyl sites for hydroxylation is 2. The van der Waals surface area contributed by atoms with Crippen LogP contribution in [0, 0.1) is 13.8 Å². The van der Waals surface area contributed by atoms with Gasteiger partial charge in [0.15, 0.2) is 0 Å². The Hall–Kier alpha value is -0.860. The van der Waals surface area contributed by atoms with Gasteiger partial charge in [-0.15, -0.1) is 0 Å². The van der Waals surface area contributed by atoms with Crippen LogP contribution < -0.4 is 0 Å². The third-order valence-electron chi connectivity index (χ3n) is 3.65. The van der Waals surface area contributed by atoms with E-state index in [1.165, 1.54) is 16.7 Å². The van der Waals surface area contributed by atoms with E-state index in [4.69, 9.17) is 0 Å². The van der Waals surface area contributed by atoms with E-state index in [-0.39, 0.29) is 0 Å². The standard InChI is InChI=1S/C15H23NO/c1-4-7-15(17)10-16(11-15)9-14-8-12(2)5-6-13(14)3/h5-6,8,17H,4,7,9-11H2,1-3H3. The van der Waals surface area contributed by atoms with Crippen LogP contribution in [0.3, 0.4) is 0 Å². The molecule has 0 spiro atoms. The summed E-state index contributed by atoms with van der Waals surface area (Å²) in [5, 5.41) is 10.1. The monoisotopic (exact) mass is 233 g/mol. The van der Waals surface area contributed by atoms with Crippen LogP contribution in [-0.4, -0.2) is 28.7 Å². The number of benzene rings is 1. The molecule has 2 rings (SSSR count). The summed E-state index contributed by atoms with van der Waals surface area (Å²) >= 11 is 0. The smallest absolute Gasteiger partial charge is 0.0900 e. The zero-order valence-electron chi connectivity index (χ0n) is 11.2. The van der Waals surface area contributed by atoms with Crippen molar-refractivity contribution in [3.63, 3.8) is 0 Å². The quantitative estimate of drug-likeness (QED) is 0.864. The minimum Gasteiger partial charge on any atom is -0.387 e. The number of nitrogens with zero attached hydrogens (tertiary/aromatic N) is 1. The van der Waals surface area contributed by atoms with Crippen LogP contribution in [-0.2, 0) is 6.54 Å². The van der Waals surface area contributed by atoms with Crippen LogP contribution in [0.1, 0.15) is 36.5 Å². The van der Waals surface area contributed by atoms with E-state index in [0.717, 1.165) is 32.5 Å². The Balaban J connectivity index is 1.93. The predicted molar refractivity (Wildman–Crippen MR) is 71.1 cm³/mol. The molecular weight excluding hydrogens is 210 g/mol. The van der Waals surface area contributed by atoms with Crippen molar-refractivity contribution in [1.29, 1.82) is 0 Å². The molecule has 0 amide bonds. The third kappa shape index (κ3) is 2.88. The number of hydrogen-bond acceptors (Lipinski definition) is 2. The highest BCUT2D eigenvalue weighted by Crippen LogP contribution is 2.27. The van der Waals surface area contributed by atoms with Crippen molar-refractivity contribution in [2.24, 2.45) is 0 Å². The molecule has 2 heteroatoms. The second kappa shape index (κ2) is 4.79. The molecule has 1 saturated heterocycles. The maximum atomic E-state index is 10.1. The normalized spacial score (nSPS) is 19.1. The molecule has 0 aromatic heterocycles. The van der Waals surface area contributed by atoms with Crippen molar-refractivity contribution in [3.05, 3.63) is 34.9 Å². The van der Waals surface area contributed by atoms with Crippen molar-refractivity contribution in [1.82, 2.24) is 4.90 Å². The first-order valence-electron chi connectivity index (χ1n) is 6.53. The second-order valence-electron chi connectivity index (χ2n) is 5.55. The Morgan fingerprint density at radius 2 is 2.00 bits per heavy atom. The molecule has 0 saturated carbocycles. The topological polar surface area (TPSA) is 23.5 Å². The van der Waals surface area contributed by atoms with Gasteiger partial charge in [-0.2, -0.15) is 0 Å². The number of rotatable bonds is 4. The van der Waals surface area contributed by atoms with Gasteiger partial charge in [0.2, 0.25) is 0 Å². The van der Waals surface area contributed by atoms with Gasteiger partial charge in [-0.3, -0.25) is 4.90 Å². The van der Waals surface area contributed by atoms with E-state index in [1.54, 1.807) is 0 Å². The molecule has 1 aliphatic heterocycles. The lowest BCUT2D eigenvalue weighted by atomic mass is 9.88. The van der Waals surface area contributed by atoms with Crippen molar-refractivity contribution >= 4 is 0 Å². The van der Waals surface area contributed by atoms with Crippen LogP contribution in [0.4, 0.5) is 0 Å². The van der Waals surface area contributed by atoms with Crippen LogP contribution >= 0.6 is 0 Å². The number of aliphatic hydroxyl groups is 1. The van der Waals surface area contributed by atoms with Crippen molar-refractivity contribution < 1.29 is 5.11 Å². The Kier molecular flexibility index (Phi) is 3.55. The van der Waals surface area contributed by atoms with Gasteiger partial charge in [0, 0.05) is 19.6 Å². The first-order chi connectivity index (χ1) is 8.02. The summed E-state index contributed by atoms with van der Waals surface area (Å²) in [4.78, 5) is 2.33. The maximum Gasteiger partial charge on any atom is 0.0900 e. The highest BCUT2D eigenvalue weighted by Gasteiger charge is 2.39. The maximum absolute atomic E-state index is 10.1. The number of β-amino-alcohol motifs (C(OH)–C–C–N with tert-alkyl or cyclic N) is 1. The summed E-state index contributed by atoms with van der Waals surface area (Å²) in [6, 6.07) is 6.59. The highest BCUT2D eigenvalue weighted by atomic mass is 16.3. The van der Waals surface area contributed by atoms with Crippen LogP contribution in [0.25, 0.3) is 0 Å². The minimum absolute atomic E-state index is 0.410. The Labute approximate surface area is 104 Å². The van der Waals surface area contributed by atoms with Crippen LogP contribution in [0.15, 0.2) is 18.2 Å². The van der Waals surface area contributed by atoms with Crippen molar-refractivity contribution in [2.45, 2.75) is 45.8 Å². The zero-order valence-corrected chi connectivity index (χ0v) is 11.2. The van der Waals surface area contributed by atoms with Crippen LogP contribution in [0.2, 0.25) is 0 Å². The van der Waals surface area contributed by atoms with E-state index in [2.05, 4.69) is 43.9 Å². The molecule has 0 radical (unpaired) electrons. The lowest BCUT2D eigenvalue weighted by Crippen LogP contribution is -2.61. The molecule has 0 unspecified atom stereocenters. The molecule has 0 atom stereocenters. The minimum atomic E-state index is -0.410. The largest absolute Gasteiger partial charge is 0.387 e. The van der Waals surface area contributed by atoms with Gasteiger partial charge in [0.1, 0.15) is 0 Å². The summed E-state index contributed by atoms with van der Waals surface area (Å²) in [5.41, 5.74) is 3.65. The van der Waals surface area contributed by atoms with Gasteiger partial charge < -0.3 is 5.11 Å². The fraction of sp³-hybridized carbons (Fsp3) is 0.600. The van der Waals surface area contributed by atoms with E-state index in [0.29, 0.717) is 0 Å². The van der Waals surface area contributed by atoms with Gasteiger partial charge in [-0.1, -0.05) is 37.1 Å². The molecule has 1 aliphatic rings. The zero-order chi connectivity index (χ0) is 12.5. The third-order valence-corrected chi connectivity index (χ3v) is 3.65. The number of likely N-dealkylation sites (tertiary alicyclic amines) is 1. The molecule has 17 heavy (non-hydrogen) atoms. The summed E-state index contributed by atoms with van der Waals surface area (Å²) in [6.45, 7) is 9.05. The average Bonchev–Trinajstić information content (AvgIpc) is 2.21. The van der Waals surface area contributed by atoms with Gasteiger partial charge in [0.25, 0.3) is 0 Å². The van der Waals surface area contributed by atoms with E-state index >= 15 is 0 Å². The van der Waals surface area contributed by atoms with Gasteiger partial charge in [-0.25, -0.2) is 0 Å². The van der Waals surface area contributed by atoms with Gasteiger partial charge >= 0.3 is 0 Å². The Morgan fingerprint density at radius 3 is 2.65 bits per heavy atom. The summed E-state index contributed by atoms with van der Waals surface area (Å²) < 4.78 is 0. The average molecular weight is 233 g/mol. The molecule has 0 bridgehead atoms. The molecule has 1 N–H and O–H groups in total. The first kappa shape index (κ1) is 12.6. The fourth-order valence-corrected chi connectivity index (χ4v) is 2.73. The fourth-order valence-electron chi connectivity index (χ4n) is 2.73. The van der Waals surface area contributed by atoms with Crippen molar-refractivity contribution in [3.8, 4) is 0 Å². The lowest BCUT2D eigenvalue weighted by molar-refractivity contribution is -0.106. The Morgan fingerprint density at radius 1 is 1.29 bits per heavy atom. The molecular formula is C15H23NO. The summed E-state index contributed by atoms with van der Waals surface area (Å²) in [6.07, 6.45) is 1.99. The van der Waals surface area contributed by atoms with E-state index in [9.17, 15) is 5.11 Å². The van der Waals surface area contributed by atoms with E-state index in [1.807, 2.05) is 0 Å². The molecule has 1 heterocycles. The first-order valence-corrected chi connectivity index (χ1v) is 6.53. The molecule has 94 valence electrons. The molecule has 2 nitrogen and oxygen atoms in total. The Bertz CT molecular complexity index is 394. The molecule has 1 fully saturated rings.